The van der Waals surface area contributed by atoms with Gasteiger partial charge in [0.1, 0.15) is 11.6 Å². The van der Waals surface area contributed by atoms with Gasteiger partial charge in [0.05, 0.1) is 83.4 Å². The van der Waals surface area contributed by atoms with Gasteiger partial charge in [-0.15, -0.1) is 0 Å². The van der Waals surface area contributed by atoms with Crippen LogP contribution in [0.25, 0.3) is 121 Å². The summed E-state index contributed by atoms with van der Waals surface area (Å²) >= 11 is 0. The lowest BCUT2D eigenvalue weighted by molar-refractivity contribution is 1.03. The van der Waals surface area contributed by atoms with Gasteiger partial charge >= 0.3 is 0 Å². The van der Waals surface area contributed by atoms with Crippen molar-refractivity contribution < 1.29 is 0 Å². The molecule has 0 bridgehead atoms. The molecule has 0 fully saturated rings. The highest BCUT2D eigenvalue weighted by atomic mass is 15.1. The minimum absolute atomic E-state index is 0.481. The third-order valence-electron chi connectivity index (χ3n) is 13.3. The first-order chi connectivity index (χ1) is 32.8. The first-order valence-electron chi connectivity index (χ1n) is 22.0. The summed E-state index contributed by atoms with van der Waals surface area (Å²) in [4.78, 5) is 15.1. The van der Waals surface area contributed by atoms with Crippen LogP contribution in [0.2, 0.25) is 0 Å². The Morgan fingerprint density at radius 3 is 1.00 bits per heavy atom. The van der Waals surface area contributed by atoms with Crippen molar-refractivity contribution in [1.29, 1.82) is 5.26 Å². The van der Waals surface area contributed by atoms with Crippen molar-refractivity contribution in [3.63, 3.8) is 0 Å². The molecular formula is C58H34N8. The molecule has 0 saturated carbocycles. The van der Waals surface area contributed by atoms with Crippen LogP contribution in [0, 0.1) is 11.3 Å². The maximum Gasteiger partial charge on any atom is 0.104 e. The Morgan fingerprint density at radius 2 is 0.606 bits per heavy atom. The molecule has 14 aromatic rings. The highest BCUT2D eigenvalue weighted by Crippen LogP contribution is 2.51. The third-order valence-corrected chi connectivity index (χ3v) is 13.3. The lowest BCUT2D eigenvalue weighted by Gasteiger charge is -2.29. The SMILES string of the molecule is N#Cc1c(-n2c3ccccc3c3ncccc32)c(-n2c3ccccc3c3ccccc32)c(-c2ccccc2)c(-n2c3ccccc3c3ncccc32)c1-n1c2ccccc2c2ncccc21. The minimum atomic E-state index is 0.481. The number of fused-ring (bicyclic) bond motifs is 12. The van der Waals surface area contributed by atoms with Crippen LogP contribution in [-0.2, 0) is 0 Å². The fourth-order valence-corrected chi connectivity index (χ4v) is 10.8. The van der Waals surface area contributed by atoms with Gasteiger partial charge in [-0.25, -0.2) is 0 Å². The summed E-state index contributed by atoms with van der Waals surface area (Å²) in [7, 11) is 0. The molecular weight excluding hydrogens is 809 g/mol. The van der Waals surface area contributed by atoms with Crippen LogP contribution in [-0.4, -0.2) is 33.2 Å². The number of benzene rings is 7. The van der Waals surface area contributed by atoms with Gasteiger partial charge in [0.15, 0.2) is 0 Å². The number of pyridine rings is 3. The zero-order valence-electron chi connectivity index (χ0n) is 35.2. The molecule has 0 atom stereocenters. The molecule has 306 valence electrons. The van der Waals surface area contributed by atoms with E-state index in [4.69, 9.17) is 15.0 Å². The normalized spacial score (nSPS) is 11.9. The Morgan fingerprint density at radius 1 is 0.303 bits per heavy atom. The summed E-state index contributed by atoms with van der Waals surface area (Å²) in [6.45, 7) is 0. The second-order valence-electron chi connectivity index (χ2n) is 16.7. The van der Waals surface area contributed by atoms with Gasteiger partial charge in [-0.1, -0.05) is 121 Å². The van der Waals surface area contributed by atoms with E-state index in [1.165, 1.54) is 0 Å². The van der Waals surface area contributed by atoms with Gasteiger partial charge in [-0.2, -0.15) is 5.26 Å². The molecule has 0 aliphatic rings. The number of nitriles is 1. The van der Waals surface area contributed by atoms with E-state index in [0.717, 1.165) is 121 Å². The summed E-state index contributed by atoms with van der Waals surface area (Å²) in [5, 5.41) is 17.7. The number of para-hydroxylation sites is 5. The van der Waals surface area contributed by atoms with Crippen molar-refractivity contribution in [3.05, 3.63) is 212 Å². The van der Waals surface area contributed by atoms with Crippen molar-refractivity contribution in [2.24, 2.45) is 0 Å². The Bertz CT molecular complexity index is 3900. The van der Waals surface area contributed by atoms with Crippen LogP contribution in [0.1, 0.15) is 5.56 Å². The monoisotopic (exact) mass is 842 g/mol. The van der Waals surface area contributed by atoms with Crippen LogP contribution in [0.4, 0.5) is 0 Å². The first-order valence-corrected chi connectivity index (χ1v) is 22.0. The van der Waals surface area contributed by atoms with Crippen molar-refractivity contribution in [2.45, 2.75) is 0 Å². The van der Waals surface area contributed by atoms with Gasteiger partial charge in [0.2, 0.25) is 0 Å². The first kappa shape index (κ1) is 36.2. The van der Waals surface area contributed by atoms with E-state index in [0.29, 0.717) is 5.56 Å². The van der Waals surface area contributed by atoms with E-state index in [-0.39, 0.29) is 0 Å². The van der Waals surface area contributed by atoms with E-state index < -0.39 is 0 Å². The maximum atomic E-state index is 12.5. The average molecular weight is 843 g/mol. The summed E-state index contributed by atoms with van der Waals surface area (Å²) in [6, 6.07) is 68.5. The molecule has 66 heavy (non-hydrogen) atoms. The van der Waals surface area contributed by atoms with Gasteiger partial charge in [-0.05, 0) is 72.3 Å². The molecule has 7 aromatic heterocycles. The van der Waals surface area contributed by atoms with Crippen LogP contribution < -0.4 is 0 Å². The molecule has 0 radical (unpaired) electrons. The molecule has 8 nitrogen and oxygen atoms in total. The third kappa shape index (κ3) is 4.83. The summed E-state index contributed by atoms with van der Waals surface area (Å²) in [5.74, 6) is 0. The van der Waals surface area contributed by atoms with Crippen LogP contribution >= 0.6 is 0 Å². The second-order valence-corrected chi connectivity index (χ2v) is 16.7. The summed E-state index contributed by atoms with van der Waals surface area (Å²) < 4.78 is 9.31. The fourth-order valence-electron chi connectivity index (χ4n) is 10.8. The van der Waals surface area contributed by atoms with Gasteiger partial charge in [0, 0.05) is 51.1 Å². The van der Waals surface area contributed by atoms with Crippen LogP contribution in [0.3, 0.4) is 0 Å². The topological polar surface area (TPSA) is 82.2 Å². The van der Waals surface area contributed by atoms with E-state index >= 15 is 0 Å². The van der Waals surface area contributed by atoms with Crippen molar-refractivity contribution >= 4 is 87.6 Å². The standard InChI is InChI=1S/C58H34N8/c59-35-42-55(64-45-26-11-6-21-39(45)52-48(64)29-14-32-60-52)57(63-43-24-9-4-19-37(43)38-20-5-10-25-44(38)63)51(36-17-2-1-3-18-36)58(66-47-28-13-8-23-41(47)54-50(66)31-16-34-62-54)56(42)65-46-27-12-7-22-40(46)53-49(65)30-15-33-61-53/h1-34H. The number of nitrogens with zero attached hydrogens (tertiary/aromatic N) is 8. The minimum Gasteiger partial charge on any atom is -0.306 e. The average Bonchev–Trinajstić information content (AvgIpc) is 4.11. The summed E-state index contributed by atoms with van der Waals surface area (Å²) in [6.07, 6.45) is 5.56. The molecule has 8 heteroatoms. The Labute approximate surface area is 376 Å². The highest BCUT2D eigenvalue weighted by Gasteiger charge is 2.35. The molecule has 14 rings (SSSR count). The van der Waals surface area contributed by atoms with Crippen molar-refractivity contribution in [2.75, 3.05) is 0 Å². The summed E-state index contributed by atoms with van der Waals surface area (Å²) in [5.41, 5.74) is 15.7. The zero-order chi connectivity index (χ0) is 43.5. The van der Waals surface area contributed by atoms with Crippen LogP contribution in [0.15, 0.2) is 207 Å². The Balaban J connectivity index is 1.37. The quantitative estimate of drug-likeness (QED) is 0.173. The molecule has 0 saturated heterocycles. The van der Waals surface area contributed by atoms with E-state index in [1.54, 1.807) is 0 Å². The van der Waals surface area contributed by atoms with Gasteiger partial charge in [0.25, 0.3) is 0 Å². The molecule has 0 amide bonds. The number of rotatable bonds is 5. The largest absolute Gasteiger partial charge is 0.306 e. The molecule has 0 spiro atoms. The smallest absolute Gasteiger partial charge is 0.104 e. The predicted molar refractivity (Wildman–Crippen MR) is 267 cm³/mol. The number of aromatic nitrogens is 7. The number of hydrogen-bond donors (Lipinski definition) is 0. The molecule has 0 aliphatic heterocycles. The van der Waals surface area contributed by atoms with E-state index in [2.05, 4.69) is 194 Å². The fraction of sp³-hybridized carbons (Fsp3) is 0. The molecule has 0 unspecified atom stereocenters. The Hall–Kier alpha value is -9.32. The Kier molecular flexibility index (Phi) is 7.59. The maximum absolute atomic E-state index is 12.5. The second kappa shape index (κ2) is 13.8. The lowest BCUT2D eigenvalue weighted by atomic mass is 9.93. The van der Waals surface area contributed by atoms with Gasteiger partial charge < -0.3 is 18.3 Å². The molecule has 7 heterocycles. The molecule has 7 aromatic carbocycles. The van der Waals surface area contributed by atoms with Crippen molar-refractivity contribution in [1.82, 2.24) is 33.2 Å². The molecule has 0 N–H and O–H groups in total. The molecule has 0 aliphatic carbocycles. The zero-order valence-corrected chi connectivity index (χ0v) is 35.2. The van der Waals surface area contributed by atoms with Crippen molar-refractivity contribution in [3.8, 4) is 39.9 Å². The predicted octanol–water partition coefficient (Wildman–Crippen LogP) is 13.8. The van der Waals surface area contributed by atoms with Crippen LogP contribution in [0.5, 0.6) is 0 Å². The van der Waals surface area contributed by atoms with E-state index in [9.17, 15) is 5.26 Å². The highest BCUT2D eigenvalue weighted by molar-refractivity contribution is 6.16. The van der Waals surface area contributed by atoms with Gasteiger partial charge in [-0.3, -0.25) is 15.0 Å². The lowest BCUT2D eigenvalue weighted by Crippen LogP contribution is -2.16. The number of hydrogen-bond acceptors (Lipinski definition) is 4. The van der Waals surface area contributed by atoms with E-state index in [1.807, 2.05) is 36.8 Å².